The van der Waals surface area contributed by atoms with Gasteiger partial charge in [-0.2, -0.15) is 0 Å². The van der Waals surface area contributed by atoms with E-state index in [1.807, 2.05) is 30.4 Å². The molecule has 0 saturated heterocycles. The van der Waals surface area contributed by atoms with E-state index in [2.05, 4.69) is 274 Å². The molecule has 12 heteroatoms. The van der Waals surface area contributed by atoms with Crippen LogP contribution in [0.25, 0.3) is 200 Å². The third-order valence-corrected chi connectivity index (χ3v) is 23.1. The van der Waals surface area contributed by atoms with Crippen molar-refractivity contribution in [3.8, 4) is 113 Å². The van der Waals surface area contributed by atoms with Gasteiger partial charge in [0.1, 0.15) is 0 Å². The number of rotatable bonds is 13. The summed E-state index contributed by atoms with van der Waals surface area (Å²) in [5, 5.41) is 6.85. The molecule has 100 heavy (non-hydrogen) atoms. The Balaban J connectivity index is 0.656. The lowest BCUT2D eigenvalue weighted by atomic mass is 9.98. The van der Waals surface area contributed by atoms with Crippen molar-refractivity contribution in [2.75, 3.05) is 0 Å². The molecule has 0 spiro atoms. The normalized spacial score (nSPS) is 12.0. The van der Waals surface area contributed by atoms with Crippen LogP contribution in [0, 0.1) is 0 Å². The minimum Gasteiger partial charge on any atom is -0.228 e. The summed E-state index contributed by atoms with van der Waals surface area (Å²) < 4.78 is 9.09. The summed E-state index contributed by atoms with van der Waals surface area (Å²) in [4.78, 5) is 42.7. The molecule has 0 fully saturated rings. The van der Waals surface area contributed by atoms with E-state index in [9.17, 15) is 0 Å². The van der Waals surface area contributed by atoms with Crippen LogP contribution in [-0.2, 0) is 0 Å². The fourth-order valence-corrected chi connectivity index (χ4v) is 18.2. The van der Waals surface area contributed by atoms with Crippen molar-refractivity contribution in [2.24, 2.45) is 0 Å². The van der Waals surface area contributed by atoms with E-state index < -0.39 is 0 Å². The highest BCUT2D eigenvalue weighted by Crippen LogP contribution is 2.47. The third-order valence-electron chi connectivity index (χ3n) is 18.4. The molecule has 0 atom stereocenters. The zero-order valence-electron chi connectivity index (χ0n) is 53.3. The maximum atomic E-state index is 5.39. The number of allylic oxidation sites excluding steroid dienone is 4. The van der Waals surface area contributed by atoms with Crippen LogP contribution in [0.1, 0.15) is 5.69 Å². The van der Waals surface area contributed by atoms with Crippen LogP contribution in [0.5, 0.6) is 0 Å². The Bertz CT molecular complexity index is 6550. The number of aromatic nitrogens is 8. The molecule has 0 aliphatic rings. The van der Waals surface area contributed by atoms with Crippen molar-refractivity contribution in [3.05, 3.63) is 310 Å². The minimum absolute atomic E-state index is 0.646. The van der Waals surface area contributed by atoms with Crippen LogP contribution in [0.4, 0.5) is 0 Å². The molecule has 0 aliphatic heterocycles. The first kappa shape index (κ1) is 59.1. The van der Waals surface area contributed by atoms with Crippen LogP contribution >= 0.6 is 45.3 Å². The molecule has 0 bridgehead atoms. The van der Waals surface area contributed by atoms with Gasteiger partial charge in [0.15, 0.2) is 23.3 Å². The zero-order chi connectivity index (χ0) is 66.2. The molecule has 19 aromatic rings. The lowest BCUT2D eigenvalue weighted by molar-refractivity contribution is 1.18. The monoisotopic (exact) mass is 1350 g/mol. The first-order valence-electron chi connectivity index (χ1n) is 32.9. The van der Waals surface area contributed by atoms with Gasteiger partial charge in [-0.05, 0) is 71.8 Å². The Morgan fingerprint density at radius 2 is 0.740 bits per heavy atom. The Hall–Kier alpha value is -12.2. The average Bonchev–Trinajstić information content (AvgIpc) is 1.58. The Kier molecular flexibility index (Phi) is 14.6. The average molecular weight is 1350 g/mol. The molecule has 8 nitrogen and oxygen atoms in total. The summed E-state index contributed by atoms with van der Waals surface area (Å²) in [6.45, 7) is 3.85. The number of fused-ring (bicyclic) bond motifs is 12. The molecule has 0 aliphatic carbocycles. The Morgan fingerprint density at radius 3 is 1.41 bits per heavy atom. The second kappa shape index (κ2) is 24.7. The molecule has 0 radical (unpaired) electrons. The lowest BCUT2D eigenvalue weighted by Crippen LogP contribution is -1.96. The van der Waals surface area contributed by atoms with Crippen LogP contribution in [0.2, 0.25) is 0 Å². The maximum absolute atomic E-state index is 5.39. The van der Waals surface area contributed by atoms with Crippen molar-refractivity contribution >= 4 is 132 Å². The summed E-state index contributed by atoms with van der Waals surface area (Å²) in [5.74, 6) is 2.70. The second-order valence-electron chi connectivity index (χ2n) is 24.5. The molecule has 11 aromatic carbocycles. The van der Waals surface area contributed by atoms with E-state index in [1.54, 1.807) is 51.4 Å². The fraction of sp³-hybridized carbons (Fsp3) is 0. The van der Waals surface area contributed by atoms with Crippen molar-refractivity contribution in [1.82, 2.24) is 39.9 Å². The van der Waals surface area contributed by atoms with Crippen LogP contribution in [0.15, 0.2) is 304 Å². The highest BCUT2D eigenvalue weighted by Gasteiger charge is 2.23. The van der Waals surface area contributed by atoms with Gasteiger partial charge in [0, 0.05) is 111 Å². The molecule has 8 aromatic heterocycles. The van der Waals surface area contributed by atoms with Gasteiger partial charge in [-0.1, -0.05) is 249 Å². The quantitative estimate of drug-likeness (QED) is 0.105. The summed E-state index contributed by atoms with van der Waals surface area (Å²) >= 11 is 7.00. The molecule has 0 N–H and O–H groups in total. The molecule has 8 heterocycles. The van der Waals surface area contributed by atoms with Gasteiger partial charge in [0.25, 0.3) is 0 Å². The van der Waals surface area contributed by atoms with Gasteiger partial charge in [-0.3, -0.25) is 0 Å². The largest absolute Gasteiger partial charge is 0.228 e. The Morgan fingerprint density at radius 1 is 0.260 bits per heavy atom. The second-order valence-corrected chi connectivity index (χ2v) is 28.8. The number of thiophene rings is 4. The van der Waals surface area contributed by atoms with E-state index in [1.165, 1.54) is 9.40 Å². The third kappa shape index (κ3) is 10.6. The molecule has 0 saturated carbocycles. The zero-order valence-corrected chi connectivity index (χ0v) is 56.6. The molecular formula is C88H52N8S4. The van der Waals surface area contributed by atoms with Crippen LogP contribution in [-0.4, -0.2) is 39.9 Å². The molecule has 0 amide bonds. The van der Waals surface area contributed by atoms with Crippen molar-refractivity contribution in [2.45, 2.75) is 0 Å². The first-order valence-corrected chi connectivity index (χ1v) is 36.2. The van der Waals surface area contributed by atoms with Gasteiger partial charge >= 0.3 is 0 Å². The van der Waals surface area contributed by atoms with Gasteiger partial charge in [0.2, 0.25) is 0 Å². The number of nitrogens with zero attached hydrogens (tertiary/aromatic N) is 8. The van der Waals surface area contributed by atoms with E-state index >= 15 is 0 Å². The van der Waals surface area contributed by atoms with E-state index in [0.29, 0.717) is 23.3 Å². The van der Waals surface area contributed by atoms with Gasteiger partial charge < -0.3 is 0 Å². The SMILES string of the molecule is C=C/C=C\C=C\c1nc(-c2cccc3sc4cc(-c5nc(-c6ccccc6)cc(-c6cccc(-c7ccc(-c8cc(-c9ccccc9)nc(-c9ccc%10c(c9)sc9c(-c%11nc(-c%12ccccc%12)c%12sc%13ccccc%13c%12n%11)cccc9%10)n8)cc7)c6)n5)ccc4c23)nc2c1sc1ccccc12. The highest BCUT2D eigenvalue weighted by atomic mass is 32.1. The van der Waals surface area contributed by atoms with Gasteiger partial charge in [-0.15, -0.1) is 45.3 Å². The maximum Gasteiger partial charge on any atom is 0.161 e. The van der Waals surface area contributed by atoms with Gasteiger partial charge in [-0.25, -0.2) is 39.9 Å². The number of hydrogen-bond donors (Lipinski definition) is 0. The van der Waals surface area contributed by atoms with Crippen molar-refractivity contribution < 1.29 is 0 Å². The Labute approximate surface area is 590 Å². The summed E-state index contributed by atoms with van der Waals surface area (Å²) in [6.07, 6.45) is 9.76. The van der Waals surface area contributed by atoms with Crippen molar-refractivity contribution in [3.63, 3.8) is 0 Å². The highest BCUT2D eigenvalue weighted by molar-refractivity contribution is 7.27. The van der Waals surface area contributed by atoms with E-state index in [4.69, 9.17) is 39.9 Å². The molecular weight excluding hydrogens is 1300 g/mol. The van der Waals surface area contributed by atoms with E-state index in [0.717, 1.165) is 167 Å². The summed E-state index contributed by atoms with van der Waals surface area (Å²) in [6, 6.07) is 95.9. The fourth-order valence-electron chi connectivity index (χ4n) is 13.6. The number of benzene rings is 11. The summed E-state index contributed by atoms with van der Waals surface area (Å²) in [5.41, 5.74) is 18.2. The first-order chi connectivity index (χ1) is 49.5. The minimum atomic E-state index is 0.646. The topological polar surface area (TPSA) is 103 Å². The molecule has 468 valence electrons. The molecule has 0 unspecified atom stereocenters. The van der Waals surface area contributed by atoms with Crippen molar-refractivity contribution in [1.29, 1.82) is 0 Å². The lowest BCUT2D eigenvalue weighted by Gasteiger charge is -2.12. The predicted octanol–water partition coefficient (Wildman–Crippen LogP) is 24.7. The summed E-state index contributed by atoms with van der Waals surface area (Å²) in [7, 11) is 0. The standard InChI is InChI=1S/C88H52N8S4/c1-2-3-4-14-35-68-83-80(64-30-15-17-36-73(64)98-83)95-87(89-68)66-33-21-38-75-78(66)63-46-44-60(49-77(63)97-75)86-91-70(54-24-10-6-11-25-54)51-72(93-86)58-29-19-28-57(47-58)52-39-41-55(42-40-52)71-50-69(53-22-8-5-9-23-53)90-85(92-71)59-43-45-61-62-32-20-34-67(82(62)100-76(61)48-59)88-94-79(56-26-12-7-13-27-56)84-81(96-88)65-31-16-18-37-74(65)99-84/h2-51H,1H2/b4-3-,35-14+. The van der Waals surface area contributed by atoms with Crippen LogP contribution in [0.3, 0.4) is 0 Å². The van der Waals surface area contributed by atoms with Crippen LogP contribution < -0.4 is 0 Å². The molecule has 19 rings (SSSR count). The number of hydrogen-bond acceptors (Lipinski definition) is 12. The predicted molar refractivity (Wildman–Crippen MR) is 423 cm³/mol. The van der Waals surface area contributed by atoms with Gasteiger partial charge in [0.05, 0.1) is 54.6 Å². The smallest absolute Gasteiger partial charge is 0.161 e. The van der Waals surface area contributed by atoms with E-state index in [-0.39, 0.29) is 0 Å².